The van der Waals surface area contributed by atoms with Crippen LogP contribution in [-0.2, 0) is 6.54 Å². The number of hydrogen-bond donors (Lipinski definition) is 3. The van der Waals surface area contributed by atoms with Crippen molar-refractivity contribution in [1.82, 2.24) is 29.5 Å². The SMILES string of the molecule is Cc1cnn2c(NCc3nc4c(F)c(F)ccc4[nH]3)nc(N(C)CC(C)(C)O)nc12. The molecule has 0 spiro atoms. The zero-order chi connectivity index (χ0) is 21.6. The van der Waals surface area contributed by atoms with Gasteiger partial charge < -0.3 is 20.3 Å². The van der Waals surface area contributed by atoms with Gasteiger partial charge in [-0.2, -0.15) is 19.6 Å². The van der Waals surface area contributed by atoms with Crippen molar-refractivity contribution >= 4 is 28.6 Å². The Hall–Kier alpha value is -3.34. The van der Waals surface area contributed by atoms with Gasteiger partial charge in [-0.25, -0.2) is 13.8 Å². The summed E-state index contributed by atoms with van der Waals surface area (Å²) >= 11 is 0. The van der Waals surface area contributed by atoms with E-state index in [1.165, 1.54) is 6.07 Å². The number of nitrogens with zero attached hydrogens (tertiary/aromatic N) is 6. The van der Waals surface area contributed by atoms with Crippen molar-refractivity contribution in [2.45, 2.75) is 32.9 Å². The number of hydrogen-bond acceptors (Lipinski definition) is 7. The molecule has 11 heteroatoms. The highest BCUT2D eigenvalue weighted by molar-refractivity contribution is 5.75. The summed E-state index contributed by atoms with van der Waals surface area (Å²) in [6.45, 7) is 5.79. The number of fused-ring (bicyclic) bond motifs is 2. The highest BCUT2D eigenvalue weighted by Crippen LogP contribution is 2.20. The van der Waals surface area contributed by atoms with E-state index in [4.69, 9.17) is 0 Å². The third-order valence-electron chi connectivity index (χ3n) is 4.51. The van der Waals surface area contributed by atoms with Gasteiger partial charge in [-0.1, -0.05) is 0 Å². The number of aryl methyl sites for hydroxylation is 1. The molecule has 0 saturated heterocycles. The summed E-state index contributed by atoms with van der Waals surface area (Å²) in [6.07, 6.45) is 1.67. The molecule has 0 fully saturated rings. The number of rotatable bonds is 6. The van der Waals surface area contributed by atoms with Gasteiger partial charge in [0.15, 0.2) is 17.3 Å². The Balaban J connectivity index is 1.66. The molecular formula is C19H22F2N8O. The van der Waals surface area contributed by atoms with E-state index in [9.17, 15) is 13.9 Å². The Morgan fingerprint density at radius 3 is 2.73 bits per heavy atom. The molecule has 4 aromatic rings. The van der Waals surface area contributed by atoms with Crippen molar-refractivity contribution in [3.05, 3.63) is 41.4 Å². The van der Waals surface area contributed by atoms with Crippen LogP contribution in [0.3, 0.4) is 0 Å². The number of aromatic amines is 1. The summed E-state index contributed by atoms with van der Waals surface area (Å²) < 4.78 is 28.9. The molecule has 0 aliphatic rings. The molecule has 0 aliphatic heterocycles. The van der Waals surface area contributed by atoms with Gasteiger partial charge in [0.05, 0.1) is 23.9 Å². The number of aromatic nitrogens is 6. The van der Waals surface area contributed by atoms with Crippen LogP contribution in [0.15, 0.2) is 18.3 Å². The van der Waals surface area contributed by atoms with E-state index in [2.05, 4.69) is 30.4 Å². The average molecular weight is 416 g/mol. The second kappa shape index (κ2) is 7.17. The fourth-order valence-corrected chi connectivity index (χ4v) is 3.23. The first-order valence-electron chi connectivity index (χ1n) is 9.35. The minimum Gasteiger partial charge on any atom is -0.389 e. The van der Waals surface area contributed by atoms with Crippen LogP contribution in [0.5, 0.6) is 0 Å². The number of halogens is 2. The second-order valence-corrected chi connectivity index (χ2v) is 7.87. The van der Waals surface area contributed by atoms with Gasteiger partial charge in [0.1, 0.15) is 11.3 Å². The Labute approximate surface area is 170 Å². The highest BCUT2D eigenvalue weighted by Gasteiger charge is 2.20. The maximum atomic E-state index is 13.9. The van der Waals surface area contributed by atoms with Gasteiger partial charge in [0, 0.05) is 19.2 Å². The molecule has 0 unspecified atom stereocenters. The van der Waals surface area contributed by atoms with Crippen LogP contribution in [0.1, 0.15) is 25.2 Å². The monoisotopic (exact) mass is 416 g/mol. The van der Waals surface area contributed by atoms with Gasteiger partial charge in [-0.05, 0) is 32.9 Å². The minimum absolute atomic E-state index is 0.0554. The van der Waals surface area contributed by atoms with Crippen molar-refractivity contribution in [3.63, 3.8) is 0 Å². The number of benzene rings is 1. The topological polar surface area (TPSA) is 107 Å². The number of aliphatic hydroxyl groups is 1. The normalized spacial score (nSPS) is 12.1. The predicted molar refractivity (Wildman–Crippen MR) is 108 cm³/mol. The molecule has 30 heavy (non-hydrogen) atoms. The predicted octanol–water partition coefficient (Wildman–Crippen LogP) is 2.41. The van der Waals surface area contributed by atoms with Crippen LogP contribution >= 0.6 is 0 Å². The van der Waals surface area contributed by atoms with E-state index < -0.39 is 17.2 Å². The fourth-order valence-electron chi connectivity index (χ4n) is 3.23. The lowest BCUT2D eigenvalue weighted by Crippen LogP contribution is -2.37. The molecule has 158 valence electrons. The third-order valence-corrected chi connectivity index (χ3v) is 4.51. The van der Waals surface area contributed by atoms with Crippen LogP contribution in [0.2, 0.25) is 0 Å². The molecule has 0 amide bonds. The van der Waals surface area contributed by atoms with E-state index >= 15 is 0 Å². The second-order valence-electron chi connectivity index (χ2n) is 7.87. The number of imidazole rings is 1. The van der Waals surface area contributed by atoms with E-state index in [1.807, 2.05) is 6.92 Å². The molecule has 9 nitrogen and oxygen atoms in total. The Kier molecular flexibility index (Phi) is 4.77. The molecule has 0 aliphatic carbocycles. The van der Waals surface area contributed by atoms with Crippen LogP contribution in [0.25, 0.3) is 16.7 Å². The molecule has 4 rings (SSSR count). The number of anilines is 2. The van der Waals surface area contributed by atoms with Crippen LogP contribution in [-0.4, -0.2) is 53.9 Å². The van der Waals surface area contributed by atoms with E-state index in [0.717, 1.165) is 11.6 Å². The average Bonchev–Trinajstić information content (AvgIpc) is 3.26. The zero-order valence-corrected chi connectivity index (χ0v) is 17.0. The quantitative estimate of drug-likeness (QED) is 0.443. The lowest BCUT2D eigenvalue weighted by atomic mass is 10.1. The fraction of sp³-hybridized carbons (Fsp3) is 0.368. The highest BCUT2D eigenvalue weighted by atomic mass is 19.2. The lowest BCUT2D eigenvalue weighted by Gasteiger charge is -2.25. The summed E-state index contributed by atoms with van der Waals surface area (Å²) in [5.41, 5.74) is 0.891. The molecular weight excluding hydrogens is 394 g/mol. The minimum atomic E-state index is -0.988. The van der Waals surface area contributed by atoms with Crippen molar-refractivity contribution in [3.8, 4) is 0 Å². The largest absolute Gasteiger partial charge is 0.389 e. The summed E-state index contributed by atoms with van der Waals surface area (Å²) in [4.78, 5) is 17.9. The first kappa shape index (κ1) is 20.0. The number of nitrogens with one attached hydrogen (secondary N) is 2. The van der Waals surface area contributed by atoms with Crippen molar-refractivity contribution in [2.24, 2.45) is 0 Å². The van der Waals surface area contributed by atoms with E-state index in [0.29, 0.717) is 35.4 Å². The third kappa shape index (κ3) is 3.75. The van der Waals surface area contributed by atoms with Crippen molar-refractivity contribution in [1.29, 1.82) is 0 Å². The zero-order valence-electron chi connectivity index (χ0n) is 17.0. The van der Waals surface area contributed by atoms with Crippen LogP contribution < -0.4 is 10.2 Å². The number of likely N-dealkylation sites (N-methyl/N-ethyl adjacent to an activating group) is 1. The summed E-state index contributed by atoms with van der Waals surface area (Å²) in [7, 11) is 1.79. The Morgan fingerprint density at radius 2 is 2.00 bits per heavy atom. The van der Waals surface area contributed by atoms with Gasteiger partial charge >= 0.3 is 0 Å². The molecule has 0 radical (unpaired) electrons. The van der Waals surface area contributed by atoms with Crippen LogP contribution in [0.4, 0.5) is 20.7 Å². The first-order valence-corrected chi connectivity index (χ1v) is 9.35. The Bertz CT molecular complexity index is 1230. The van der Waals surface area contributed by atoms with Gasteiger partial charge in [-0.15, -0.1) is 0 Å². The van der Waals surface area contributed by atoms with E-state index in [1.54, 1.807) is 36.5 Å². The first-order chi connectivity index (χ1) is 14.1. The van der Waals surface area contributed by atoms with Gasteiger partial charge in [-0.3, -0.25) is 0 Å². The maximum absolute atomic E-state index is 13.9. The Morgan fingerprint density at radius 1 is 1.23 bits per heavy atom. The molecule has 3 aromatic heterocycles. The molecule has 3 heterocycles. The smallest absolute Gasteiger partial charge is 0.230 e. The molecule has 0 saturated carbocycles. The molecule has 0 bridgehead atoms. The van der Waals surface area contributed by atoms with Crippen molar-refractivity contribution < 1.29 is 13.9 Å². The molecule has 3 N–H and O–H groups in total. The molecule has 1 aromatic carbocycles. The standard InChI is InChI=1S/C19H22F2N8O/c1-10-7-23-29-16(10)26-18(28(4)9-19(2,3)30)27-17(29)22-8-13-24-12-6-5-11(20)14(21)15(12)25-13/h5-7,30H,8-9H2,1-4H3,(H,24,25)(H,22,26,27). The summed E-state index contributed by atoms with van der Waals surface area (Å²) in [6, 6.07) is 2.49. The van der Waals surface area contributed by atoms with Crippen molar-refractivity contribution in [2.75, 3.05) is 23.8 Å². The lowest BCUT2D eigenvalue weighted by molar-refractivity contribution is 0.0883. The summed E-state index contributed by atoms with van der Waals surface area (Å²) in [5, 5.41) is 17.5. The maximum Gasteiger partial charge on any atom is 0.230 e. The summed E-state index contributed by atoms with van der Waals surface area (Å²) in [5.74, 6) is -0.710. The molecule has 0 atom stereocenters. The number of H-pyrrole nitrogens is 1. The van der Waals surface area contributed by atoms with Gasteiger partial charge in [0.25, 0.3) is 0 Å². The van der Waals surface area contributed by atoms with Crippen LogP contribution in [0, 0.1) is 18.6 Å². The van der Waals surface area contributed by atoms with Gasteiger partial charge in [0.2, 0.25) is 11.9 Å². The van der Waals surface area contributed by atoms with E-state index in [-0.39, 0.29) is 12.1 Å².